The van der Waals surface area contributed by atoms with E-state index in [9.17, 15) is 4.79 Å². The van der Waals surface area contributed by atoms with E-state index < -0.39 is 0 Å². The van der Waals surface area contributed by atoms with Gasteiger partial charge in [-0.1, -0.05) is 120 Å². The largest absolute Gasteiger partial charge is 0.496 e. The zero-order valence-corrected chi connectivity index (χ0v) is 25.2. The molecule has 0 N–H and O–H groups in total. The van der Waals surface area contributed by atoms with Crippen LogP contribution < -0.4 is 9.47 Å². The monoisotopic (exact) mass is 524 g/mol. The van der Waals surface area contributed by atoms with Gasteiger partial charge in [0.25, 0.3) is 0 Å². The fraction of sp³-hybridized carbons (Fsp3) is 0.686. The second-order valence-electron chi connectivity index (χ2n) is 11.4. The van der Waals surface area contributed by atoms with Gasteiger partial charge in [0.1, 0.15) is 11.5 Å². The summed E-state index contributed by atoms with van der Waals surface area (Å²) < 4.78 is 11.6. The highest BCUT2D eigenvalue weighted by atomic mass is 16.5. The topological polar surface area (TPSA) is 35.5 Å². The second kappa shape index (κ2) is 20.0. The average Bonchev–Trinajstić information content (AvgIpc) is 2.90. The maximum atomic E-state index is 12.7. The summed E-state index contributed by atoms with van der Waals surface area (Å²) >= 11 is 0. The number of allylic oxidation sites excluding steroid dienone is 4. The van der Waals surface area contributed by atoms with E-state index in [2.05, 4.69) is 32.9 Å². The highest BCUT2D eigenvalue weighted by Gasteiger charge is 2.18. The van der Waals surface area contributed by atoms with Crippen molar-refractivity contribution in [2.24, 2.45) is 0 Å². The van der Waals surface area contributed by atoms with Gasteiger partial charge in [-0.25, -0.2) is 0 Å². The maximum absolute atomic E-state index is 12.7. The van der Waals surface area contributed by atoms with Crippen LogP contribution in [0.4, 0.5) is 0 Å². The van der Waals surface area contributed by atoms with E-state index >= 15 is 0 Å². The molecular formula is C35H56O3. The zero-order valence-electron chi connectivity index (χ0n) is 25.2. The first-order chi connectivity index (χ1) is 18.5. The van der Waals surface area contributed by atoms with Crippen LogP contribution in [0.5, 0.6) is 11.5 Å². The number of ether oxygens (including phenoxy) is 2. The summed E-state index contributed by atoms with van der Waals surface area (Å²) in [7, 11) is 1.72. The van der Waals surface area contributed by atoms with Crippen molar-refractivity contribution < 1.29 is 14.3 Å². The highest BCUT2D eigenvalue weighted by Crippen LogP contribution is 2.34. The molecule has 0 amide bonds. The molecule has 1 aromatic carbocycles. The molecular weight excluding hydrogens is 468 g/mol. The first kappa shape index (κ1) is 32.2. The number of benzene rings is 1. The number of carbonyl (C=O) groups is 1. The molecule has 0 fully saturated rings. The van der Waals surface area contributed by atoms with Gasteiger partial charge >= 0.3 is 5.97 Å². The van der Waals surface area contributed by atoms with Crippen LogP contribution in [0.1, 0.15) is 147 Å². The van der Waals surface area contributed by atoms with Crippen molar-refractivity contribution in [2.75, 3.05) is 7.11 Å². The van der Waals surface area contributed by atoms with Crippen LogP contribution in [0, 0.1) is 0 Å². The van der Waals surface area contributed by atoms with E-state index in [1.807, 2.05) is 12.1 Å². The Morgan fingerprint density at radius 1 is 0.711 bits per heavy atom. The molecule has 1 aromatic rings. The third-order valence-corrected chi connectivity index (χ3v) is 7.92. The standard InChI is InChI=1S/C35H56O3/c1-5-6-7-8-9-10-11-12-13-14-15-16-17-18-19-23-35(36)38-34-27-26-33(37-4)31-25-24-29(2)21-20-22-30(3)28-32(31)34/h22,24,26-27H,5-21,23,25,28H2,1-4H3/b29-24-,30-22-. The number of fused-ring (bicyclic) bond motifs is 1. The fourth-order valence-electron chi connectivity index (χ4n) is 5.44. The third-order valence-electron chi connectivity index (χ3n) is 7.92. The van der Waals surface area contributed by atoms with Gasteiger partial charge in [0.15, 0.2) is 0 Å². The lowest BCUT2D eigenvalue weighted by molar-refractivity contribution is -0.134. The molecule has 0 aliphatic heterocycles. The van der Waals surface area contributed by atoms with Gasteiger partial charge in [0.2, 0.25) is 0 Å². The van der Waals surface area contributed by atoms with Crippen LogP contribution in [0.15, 0.2) is 35.4 Å². The molecule has 3 heteroatoms. The minimum atomic E-state index is -0.113. The van der Waals surface area contributed by atoms with Crippen LogP contribution in [-0.4, -0.2) is 13.1 Å². The molecule has 0 atom stereocenters. The Labute approximate surface area is 234 Å². The molecule has 0 spiro atoms. The van der Waals surface area contributed by atoms with Crippen molar-refractivity contribution in [1.29, 1.82) is 0 Å². The molecule has 38 heavy (non-hydrogen) atoms. The summed E-state index contributed by atoms with van der Waals surface area (Å²) in [5.41, 5.74) is 4.93. The first-order valence-electron chi connectivity index (χ1n) is 15.8. The molecule has 0 radical (unpaired) electrons. The Morgan fingerprint density at radius 2 is 1.26 bits per heavy atom. The average molecular weight is 525 g/mol. The fourth-order valence-corrected chi connectivity index (χ4v) is 5.44. The van der Waals surface area contributed by atoms with Gasteiger partial charge in [-0.15, -0.1) is 0 Å². The predicted octanol–water partition coefficient (Wildman–Crippen LogP) is 10.6. The van der Waals surface area contributed by atoms with Crippen LogP contribution in [0.2, 0.25) is 0 Å². The molecule has 0 heterocycles. The van der Waals surface area contributed by atoms with E-state index in [0.29, 0.717) is 12.2 Å². The lowest BCUT2D eigenvalue weighted by atomic mass is 9.93. The lowest BCUT2D eigenvalue weighted by Gasteiger charge is -2.19. The normalized spacial score (nSPS) is 16.6. The molecule has 0 aromatic heterocycles. The van der Waals surface area contributed by atoms with E-state index in [1.165, 1.54) is 94.6 Å². The van der Waals surface area contributed by atoms with Gasteiger partial charge in [-0.3, -0.25) is 4.79 Å². The molecule has 1 aliphatic carbocycles. The Kier molecular flexibility index (Phi) is 16.9. The number of unbranched alkanes of at least 4 members (excludes halogenated alkanes) is 14. The van der Waals surface area contributed by atoms with Crippen molar-refractivity contribution in [3.05, 3.63) is 46.6 Å². The van der Waals surface area contributed by atoms with Crippen molar-refractivity contribution in [2.45, 2.75) is 149 Å². The van der Waals surface area contributed by atoms with E-state index in [4.69, 9.17) is 9.47 Å². The van der Waals surface area contributed by atoms with Crippen molar-refractivity contribution >= 4 is 5.97 Å². The summed E-state index contributed by atoms with van der Waals surface area (Å²) in [5, 5.41) is 0. The smallest absolute Gasteiger partial charge is 0.311 e. The maximum Gasteiger partial charge on any atom is 0.311 e. The van der Waals surface area contributed by atoms with Crippen molar-refractivity contribution in [1.82, 2.24) is 0 Å². The van der Waals surface area contributed by atoms with Gasteiger partial charge < -0.3 is 9.47 Å². The van der Waals surface area contributed by atoms with Crippen LogP contribution >= 0.6 is 0 Å². The summed E-state index contributed by atoms with van der Waals surface area (Å²) in [6.07, 6.45) is 28.7. The van der Waals surface area contributed by atoms with Crippen molar-refractivity contribution in [3.8, 4) is 11.5 Å². The van der Waals surface area contributed by atoms with Gasteiger partial charge in [0.05, 0.1) is 7.11 Å². The molecule has 3 nitrogen and oxygen atoms in total. The van der Waals surface area contributed by atoms with Crippen molar-refractivity contribution in [3.63, 3.8) is 0 Å². The number of rotatable bonds is 18. The molecule has 0 saturated carbocycles. The Morgan fingerprint density at radius 3 is 1.84 bits per heavy atom. The summed E-state index contributed by atoms with van der Waals surface area (Å²) in [6, 6.07) is 3.86. The number of methoxy groups -OCH3 is 1. The Hall–Kier alpha value is -2.03. The number of hydrogen-bond donors (Lipinski definition) is 0. The zero-order chi connectivity index (χ0) is 27.4. The molecule has 1 aliphatic rings. The highest BCUT2D eigenvalue weighted by molar-refractivity contribution is 5.73. The SMILES string of the molecule is CCCCCCCCCCCCCCCCCC(=O)Oc1ccc(OC)c2c1C/C(C)=C\CC/C(C)=C\C2. The molecule has 214 valence electrons. The Balaban J connectivity index is 1.68. The third kappa shape index (κ3) is 13.2. The lowest BCUT2D eigenvalue weighted by Crippen LogP contribution is -2.11. The van der Waals surface area contributed by atoms with Gasteiger partial charge in [-0.05, 0) is 58.1 Å². The van der Waals surface area contributed by atoms with E-state index in [-0.39, 0.29) is 5.97 Å². The number of hydrogen-bond acceptors (Lipinski definition) is 3. The van der Waals surface area contributed by atoms with Crippen LogP contribution in [-0.2, 0) is 17.6 Å². The van der Waals surface area contributed by atoms with Gasteiger partial charge in [-0.2, -0.15) is 0 Å². The van der Waals surface area contributed by atoms with E-state index in [0.717, 1.165) is 55.4 Å². The number of carbonyl (C=O) groups excluding carboxylic acids is 1. The second-order valence-corrected chi connectivity index (χ2v) is 11.4. The summed E-state index contributed by atoms with van der Waals surface area (Å²) in [6.45, 7) is 6.65. The quantitative estimate of drug-likeness (QED) is 0.0829. The predicted molar refractivity (Wildman–Crippen MR) is 162 cm³/mol. The van der Waals surface area contributed by atoms with Crippen LogP contribution in [0.25, 0.3) is 0 Å². The summed E-state index contributed by atoms with van der Waals surface area (Å²) in [5.74, 6) is 1.46. The minimum absolute atomic E-state index is 0.113. The molecule has 0 bridgehead atoms. The minimum Gasteiger partial charge on any atom is -0.496 e. The summed E-state index contributed by atoms with van der Waals surface area (Å²) in [4.78, 5) is 12.7. The Bertz CT molecular complexity index is 864. The number of esters is 1. The first-order valence-corrected chi connectivity index (χ1v) is 15.8. The van der Waals surface area contributed by atoms with Gasteiger partial charge in [0, 0.05) is 17.5 Å². The van der Waals surface area contributed by atoms with E-state index in [1.54, 1.807) is 7.11 Å². The molecule has 2 rings (SSSR count). The van der Waals surface area contributed by atoms with Crippen LogP contribution in [0.3, 0.4) is 0 Å². The molecule has 0 saturated heterocycles. The molecule has 0 unspecified atom stereocenters.